The van der Waals surface area contributed by atoms with Gasteiger partial charge in [0.15, 0.2) is 0 Å². The Balaban J connectivity index is 1.94. The molecule has 1 aliphatic carbocycles. The van der Waals surface area contributed by atoms with Crippen LogP contribution in [0.5, 0.6) is 0 Å². The van der Waals surface area contributed by atoms with Crippen LogP contribution in [0.15, 0.2) is 16.5 Å². The van der Waals surface area contributed by atoms with Gasteiger partial charge in [0.2, 0.25) is 5.76 Å². The fourth-order valence-electron chi connectivity index (χ4n) is 2.59. The average molecular weight is 251 g/mol. The molecule has 1 aromatic heterocycles. The topological polar surface area (TPSA) is 51.5 Å². The minimum absolute atomic E-state index is 0.124. The van der Waals surface area contributed by atoms with E-state index in [2.05, 4.69) is 23.9 Å². The van der Waals surface area contributed by atoms with E-state index in [0.717, 1.165) is 11.7 Å². The molecule has 2 rings (SSSR count). The number of hydrogen-bond acceptors (Lipinski definition) is 4. The summed E-state index contributed by atoms with van der Waals surface area (Å²) in [7, 11) is 1.35. The fourth-order valence-corrected chi connectivity index (χ4v) is 2.59. The van der Waals surface area contributed by atoms with E-state index in [1.165, 1.54) is 26.4 Å². The van der Waals surface area contributed by atoms with Gasteiger partial charge in [-0.2, -0.15) is 0 Å². The smallest absolute Gasteiger partial charge is 0.373 e. The first kappa shape index (κ1) is 13.1. The lowest BCUT2D eigenvalue weighted by Crippen LogP contribution is -2.29. The van der Waals surface area contributed by atoms with Gasteiger partial charge in [-0.05, 0) is 44.2 Å². The zero-order valence-corrected chi connectivity index (χ0v) is 11.2. The maximum Gasteiger partial charge on any atom is 0.373 e. The van der Waals surface area contributed by atoms with E-state index in [1.807, 2.05) is 6.07 Å². The number of furan rings is 1. The fraction of sp³-hybridized carbons (Fsp3) is 0.643. The van der Waals surface area contributed by atoms with Gasteiger partial charge < -0.3 is 14.5 Å². The number of ether oxygens (including phenoxy) is 1. The highest BCUT2D eigenvalue weighted by Crippen LogP contribution is 2.27. The van der Waals surface area contributed by atoms with Crippen LogP contribution in [-0.4, -0.2) is 19.1 Å². The first-order chi connectivity index (χ1) is 8.60. The second kappa shape index (κ2) is 5.57. The Labute approximate surface area is 108 Å². The maximum absolute atomic E-state index is 11.3. The first-order valence-corrected chi connectivity index (χ1v) is 6.54. The molecule has 0 radical (unpaired) electrons. The van der Waals surface area contributed by atoms with Crippen LogP contribution in [0.25, 0.3) is 0 Å². The lowest BCUT2D eigenvalue weighted by atomic mass is 10.1. The van der Waals surface area contributed by atoms with Gasteiger partial charge in [0.05, 0.1) is 13.2 Å². The van der Waals surface area contributed by atoms with E-state index in [9.17, 15) is 4.79 Å². The van der Waals surface area contributed by atoms with E-state index >= 15 is 0 Å². The van der Waals surface area contributed by atoms with Crippen LogP contribution in [0.3, 0.4) is 0 Å². The Hall–Kier alpha value is -1.29. The maximum atomic E-state index is 11.3. The molecule has 0 saturated heterocycles. The van der Waals surface area contributed by atoms with Crippen molar-refractivity contribution in [1.29, 1.82) is 0 Å². The van der Waals surface area contributed by atoms with Gasteiger partial charge in [-0.25, -0.2) is 4.79 Å². The third kappa shape index (κ3) is 2.93. The molecule has 18 heavy (non-hydrogen) atoms. The number of hydrogen-bond donors (Lipinski definition) is 1. The summed E-state index contributed by atoms with van der Waals surface area (Å²) in [6.07, 6.45) is 3.72. The third-order valence-electron chi connectivity index (χ3n) is 3.62. The Kier molecular flexibility index (Phi) is 4.07. The molecule has 0 amide bonds. The van der Waals surface area contributed by atoms with E-state index in [1.54, 1.807) is 6.07 Å². The van der Waals surface area contributed by atoms with Gasteiger partial charge in [-0.15, -0.1) is 0 Å². The Morgan fingerprint density at radius 2 is 2.28 bits per heavy atom. The quantitative estimate of drug-likeness (QED) is 0.836. The molecule has 0 spiro atoms. The van der Waals surface area contributed by atoms with E-state index in [4.69, 9.17) is 4.42 Å². The van der Waals surface area contributed by atoms with Crippen LogP contribution in [0.4, 0.5) is 0 Å². The number of esters is 1. The molecular formula is C14H21NO3. The van der Waals surface area contributed by atoms with E-state index in [0.29, 0.717) is 6.04 Å². The molecule has 0 bridgehead atoms. The summed E-state index contributed by atoms with van der Waals surface area (Å²) < 4.78 is 10.1. The number of methoxy groups -OCH3 is 1. The van der Waals surface area contributed by atoms with Crippen molar-refractivity contribution in [2.45, 2.75) is 45.2 Å². The second-order valence-corrected chi connectivity index (χ2v) is 5.20. The summed E-state index contributed by atoms with van der Waals surface area (Å²) in [6.45, 7) is 4.34. The summed E-state index contributed by atoms with van der Waals surface area (Å²) in [5.41, 5.74) is 0. The predicted octanol–water partition coefficient (Wildman–Crippen LogP) is 2.91. The van der Waals surface area contributed by atoms with Crippen LogP contribution in [0.2, 0.25) is 0 Å². The van der Waals surface area contributed by atoms with Crippen molar-refractivity contribution in [2.24, 2.45) is 5.92 Å². The molecule has 0 aromatic carbocycles. The highest BCUT2D eigenvalue weighted by molar-refractivity contribution is 5.86. The molecule has 1 saturated carbocycles. The molecule has 4 heteroatoms. The van der Waals surface area contributed by atoms with Crippen LogP contribution in [0.1, 0.15) is 55.5 Å². The van der Waals surface area contributed by atoms with Gasteiger partial charge in [0.25, 0.3) is 0 Å². The summed E-state index contributed by atoms with van der Waals surface area (Å²) in [5.74, 6) is 1.43. The van der Waals surface area contributed by atoms with Gasteiger partial charge in [-0.1, -0.05) is 6.92 Å². The normalized spacial score (nSPS) is 25.1. The molecular weight excluding hydrogens is 230 g/mol. The third-order valence-corrected chi connectivity index (χ3v) is 3.62. The van der Waals surface area contributed by atoms with Crippen molar-refractivity contribution in [1.82, 2.24) is 5.32 Å². The van der Waals surface area contributed by atoms with Gasteiger partial charge >= 0.3 is 5.97 Å². The summed E-state index contributed by atoms with van der Waals surface area (Å²) in [5, 5.41) is 3.55. The molecule has 1 aromatic rings. The van der Waals surface area contributed by atoms with Gasteiger partial charge in [-0.3, -0.25) is 0 Å². The predicted molar refractivity (Wildman–Crippen MR) is 68.4 cm³/mol. The summed E-state index contributed by atoms with van der Waals surface area (Å²) >= 11 is 0. The molecule has 3 unspecified atom stereocenters. The molecule has 0 aliphatic heterocycles. The largest absolute Gasteiger partial charge is 0.463 e. The average Bonchev–Trinajstić information content (AvgIpc) is 2.97. The molecule has 1 aliphatic rings. The zero-order chi connectivity index (χ0) is 13.1. The molecule has 4 nitrogen and oxygen atoms in total. The minimum atomic E-state index is -0.428. The number of carbonyl (C=O) groups is 1. The molecule has 3 atom stereocenters. The first-order valence-electron chi connectivity index (χ1n) is 6.54. The van der Waals surface area contributed by atoms with Crippen LogP contribution in [-0.2, 0) is 4.74 Å². The lowest BCUT2D eigenvalue weighted by molar-refractivity contribution is 0.0562. The monoisotopic (exact) mass is 251 g/mol. The van der Waals surface area contributed by atoms with E-state index in [-0.39, 0.29) is 11.8 Å². The number of carbonyl (C=O) groups excluding carboxylic acids is 1. The summed E-state index contributed by atoms with van der Waals surface area (Å²) in [6, 6.07) is 4.18. The SMILES string of the molecule is COC(=O)c1ccc(C(C)NC2CCC(C)C2)o1. The molecule has 1 N–H and O–H groups in total. The second-order valence-electron chi connectivity index (χ2n) is 5.20. The van der Waals surface area contributed by atoms with Crippen molar-refractivity contribution in [3.8, 4) is 0 Å². The zero-order valence-electron chi connectivity index (χ0n) is 11.2. The molecule has 1 fully saturated rings. The van der Waals surface area contributed by atoms with Gasteiger partial charge in [0, 0.05) is 6.04 Å². The van der Waals surface area contributed by atoms with Crippen molar-refractivity contribution < 1.29 is 13.9 Å². The highest BCUT2D eigenvalue weighted by Gasteiger charge is 2.24. The summed E-state index contributed by atoms with van der Waals surface area (Å²) in [4.78, 5) is 11.3. The lowest BCUT2D eigenvalue weighted by Gasteiger charge is -2.17. The number of nitrogens with one attached hydrogen (secondary N) is 1. The van der Waals surface area contributed by atoms with E-state index < -0.39 is 5.97 Å². The molecule has 100 valence electrons. The Morgan fingerprint density at radius 1 is 1.50 bits per heavy atom. The highest BCUT2D eigenvalue weighted by atomic mass is 16.5. The van der Waals surface area contributed by atoms with Crippen molar-refractivity contribution in [3.63, 3.8) is 0 Å². The van der Waals surface area contributed by atoms with Crippen molar-refractivity contribution >= 4 is 5.97 Å². The molecule has 1 heterocycles. The van der Waals surface area contributed by atoms with Crippen LogP contribution in [0, 0.1) is 5.92 Å². The Morgan fingerprint density at radius 3 is 2.89 bits per heavy atom. The van der Waals surface area contributed by atoms with Crippen molar-refractivity contribution in [2.75, 3.05) is 7.11 Å². The van der Waals surface area contributed by atoms with Gasteiger partial charge in [0.1, 0.15) is 5.76 Å². The minimum Gasteiger partial charge on any atom is -0.463 e. The van der Waals surface area contributed by atoms with Crippen LogP contribution >= 0.6 is 0 Å². The standard InChI is InChI=1S/C14H21NO3/c1-9-4-5-11(8-9)15-10(2)12-6-7-13(18-12)14(16)17-3/h6-7,9-11,15H,4-5,8H2,1-3H3. The number of rotatable bonds is 4. The Bertz CT molecular complexity index is 413. The van der Waals surface area contributed by atoms with Crippen LogP contribution < -0.4 is 5.32 Å². The van der Waals surface area contributed by atoms with Crippen molar-refractivity contribution in [3.05, 3.63) is 23.7 Å².